The number of nitrogens with one attached hydrogen (secondary N) is 1. The number of benzene rings is 2. The number of pyridine rings is 1. The van der Waals surface area contributed by atoms with Gasteiger partial charge in [-0.25, -0.2) is 5.48 Å². The topological polar surface area (TPSA) is 95.0 Å². The SMILES string of the molecule is CN1CC(Oc2ccc3ncccc3c2)CC(C(=O)NO)C1C(=O)N1CC=C(c2ccccc2)CC1. The molecule has 3 unspecified atom stereocenters. The Morgan fingerprint density at radius 2 is 1.94 bits per heavy atom. The lowest BCUT2D eigenvalue weighted by Gasteiger charge is -2.43. The van der Waals surface area contributed by atoms with Crippen LogP contribution in [0.15, 0.2) is 72.9 Å². The second-order valence-corrected chi connectivity index (χ2v) is 9.43. The maximum atomic E-state index is 13.6. The number of hydrogen-bond acceptors (Lipinski definition) is 6. The fourth-order valence-corrected chi connectivity index (χ4v) is 5.30. The van der Waals surface area contributed by atoms with Crippen molar-refractivity contribution >= 4 is 28.3 Å². The van der Waals surface area contributed by atoms with E-state index in [4.69, 9.17) is 4.74 Å². The summed E-state index contributed by atoms with van der Waals surface area (Å²) in [5.74, 6) is -0.747. The summed E-state index contributed by atoms with van der Waals surface area (Å²) in [6.07, 6.45) is 4.58. The number of aromatic nitrogens is 1. The van der Waals surface area contributed by atoms with Crippen LogP contribution in [0, 0.1) is 5.92 Å². The number of rotatable bonds is 5. The summed E-state index contributed by atoms with van der Waals surface area (Å²) < 4.78 is 6.23. The molecule has 0 spiro atoms. The molecule has 1 fully saturated rings. The number of likely N-dealkylation sites (N-methyl/N-ethyl adjacent to an activating group) is 1. The molecule has 2 aliphatic rings. The minimum atomic E-state index is -0.743. The van der Waals surface area contributed by atoms with Crippen LogP contribution in [0.2, 0.25) is 0 Å². The minimum Gasteiger partial charge on any atom is -0.489 e. The molecule has 5 rings (SSSR count). The molecule has 2 N–H and O–H groups in total. The number of hydroxylamine groups is 1. The molecular formula is C28H30N4O4. The lowest BCUT2D eigenvalue weighted by Crippen LogP contribution is -2.60. The molecule has 3 aromatic rings. The first-order valence-corrected chi connectivity index (χ1v) is 12.2. The van der Waals surface area contributed by atoms with Gasteiger partial charge in [-0.3, -0.25) is 24.7 Å². The number of nitrogens with zero attached hydrogens (tertiary/aromatic N) is 3. The molecule has 1 saturated heterocycles. The van der Waals surface area contributed by atoms with E-state index in [1.165, 1.54) is 11.1 Å². The van der Waals surface area contributed by atoms with E-state index in [0.717, 1.165) is 17.3 Å². The number of carbonyl (C=O) groups is 2. The number of fused-ring (bicyclic) bond motifs is 1. The maximum Gasteiger partial charge on any atom is 0.248 e. The third-order valence-electron chi connectivity index (χ3n) is 7.11. The van der Waals surface area contributed by atoms with Gasteiger partial charge in [-0.2, -0.15) is 0 Å². The highest BCUT2D eigenvalue weighted by atomic mass is 16.5. The van der Waals surface area contributed by atoms with Crippen LogP contribution in [0.1, 0.15) is 18.4 Å². The Balaban J connectivity index is 1.30. The third-order valence-corrected chi connectivity index (χ3v) is 7.11. The normalized spacial score (nSPS) is 22.7. The zero-order valence-electron chi connectivity index (χ0n) is 20.2. The van der Waals surface area contributed by atoms with Crippen molar-refractivity contribution in [3.63, 3.8) is 0 Å². The van der Waals surface area contributed by atoms with Crippen molar-refractivity contribution in [2.24, 2.45) is 5.92 Å². The van der Waals surface area contributed by atoms with E-state index in [1.807, 2.05) is 60.5 Å². The Hall–Kier alpha value is -3.75. The summed E-state index contributed by atoms with van der Waals surface area (Å²) >= 11 is 0. The van der Waals surface area contributed by atoms with Gasteiger partial charge >= 0.3 is 0 Å². The molecule has 3 atom stereocenters. The second kappa shape index (κ2) is 10.5. The van der Waals surface area contributed by atoms with Gasteiger partial charge in [0.2, 0.25) is 11.8 Å². The highest BCUT2D eigenvalue weighted by molar-refractivity contribution is 5.90. The smallest absolute Gasteiger partial charge is 0.248 e. The van der Waals surface area contributed by atoms with E-state index >= 15 is 0 Å². The van der Waals surface area contributed by atoms with Gasteiger partial charge in [0, 0.05) is 31.2 Å². The van der Waals surface area contributed by atoms with Crippen LogP contribution >= 0.6 is 0 Å². The van der Waals surface area contributed by atoms with Gasteiger partial charge in [0.25, 0.3) is 0 Å². The molecule has 0 aliphatic carbocycles. The van der Waals surface area contributed by atoms with Gasteiger partial charge in [-0.1, -0.05) is 42.5 Å². The van der Waals surface area contributed by atoms with Crippen molar-refractivity contribution in [2.45, 2.75) is 25.0 Å². The van der Waals surface area contributed by atoms with Crippen LogP contribution in [-0.2, 0) is 9.59 Å². The first-order chi connectivity index (χ1) is 17.5. The van der Waals surface area contributed by atoms with Crippen LogP contribution in [-0.4, -0.2) is 70.6 Å². The van der Waals surface area contributed by atoms with Gasteiger partial charge in [-0.05, 0) is 55.3 Å². The molecule has 8 nitrogen and oxygen atoms in total. The summed E-state index contributed by atoms with van der Waals surface area (Å²) in [4.78, 5) is 34.3. The quantitative estimate of drug-likeness (QED) is 0.425. The largest absolute Gasteiger partial charge is 0.489 e. The third kappa shape index (κ3) is 4.96. The van der Waals surface area contributed by atoms with E-state index in [0.29, 0.717) is 31.8 Å². The standard InChI is InChI=1S/C28H30N4O4/c1-31-18-23(36-22-9-10-25-21(16-22)8-5-13-29-25)17-24(27(33)30-35)26(31)28(34)32-14-11-20(12-15-32)19-6-3-2-4-7-19/h2-11,13,16,23-24,26,35H,12,14-15,17-18H2,1H3,(H,30,33). The zero-order valence-corrected chi connectivity index (χ0v) is 20.2. The summed E-state index contributed by atoms with van der Waals surface area (Å²) in [7, 11) is 1.83. The summed E-state index contributed by atoms with van der Waals surface area (Å²) in [6.45, 7) is 1.56. The van der Waals surface area contributed by atoms with Crippen LogP contribution in [0.3, 0.4) is 0 Å². The lowest BCUT2D eigenvalue weighted by molar-refractivity contribution is -0.151. The van der Waals surface area contributed by atoms with Crippen molar-refractivity contribution < 1.29 is 19.5 Å². The Bertz CT molecular complexity index is 1280. The Kier molecular flexibility index (Phi) is 6.97. The van der Waals surface area contributed by atoms with Crippen LogP contribution in [0.4, 0.5) is 0 Å². The highest BCUT2D eigenvalue weighted by Crippen LogP contribution is 2.30. The number of amides is 2. The molecule has 36 heavy (non-hydrogen) atoms. The molecule has 0 saturated carbocycles. The molecule has 2 amide bonds. The minimum absolute atomic E-state index is 0.107. The van der Waals surface area contributed by atoms with Crippen molar-refractivity contribution in [2.75, 3.05) is 26.7 Å². The Labute approximate surface area is 210 Å². The number of ether oxygens (including phenoxy) is 1. The van der Waals surface area contributed by atoms with E-state index in [9.17, 15) is 14.8 Å². The van der Waals surface area contributed by atoms with Gasteiger partial charge in [0.1, 0.15) is 17.9 Å². The van der Waals surface area contributed by atoms with Gasteiger partial charge < -0.3 is 9.64 Å². The molecule has 2 aromatic carbocycles. The van der Waals surface area contributed by atoms with Crippen molar-refractivity contribution in [1.82, 2.24) is 20.3 Å². The average molecular weight is 487 g/mol. The highest BCUT2D eigenvalue weighted by Gasteiger charge is 2.45. The Morgan fingerprint density at radius 3 is 2.69 bits per heavy atom. The van der Waals surface area contributed by atoms with Gasteiger partial charge in [0.05, 0.1) is 11.4 Å². The summed E-state index contributed by atoms with van der Waals surface area (Å²) in [5, 5.41) is 10.4. The average Bonchev–Trinajstić information content (AvgIpc) is 2.92. The molecule has 2 aliphatic heterocycles. The van der Waals surface area contributed by atoms with Crippen LogP contribution < -0.4 is 10.2 Å². The molecule has 0 bridgehead atoms. The molecule has 8 heteroatoms. The lowest BCUT2D eigenvalue weighted by atomic mass is 9.86. The monoisotopic (exact) mass is 486 g/mol. The van der Waals surface area contributed by atoms with E-state index in [-0.39, 0.29) is 12.0 Å². The first-order valence-electron chi connectivity index (χ1n) is 12.2. The van der Waals surface area contributed by atoms with E-state index in [2.05, 4.69) is 23.2 Å². The van der Waals surface area contributed by atoms with Crippen molar-refractivity contribution in [1.29, 1.82) is 0 Å². The van der Waals surface area contributed by atoms with Crippen LogP contribution in [0.5, 0.6) is 5.75 Å². The fourth-order valence-electron chi connectivity index (χ4n) is 5.30. The zero-order chi connectivity index (χ0) is 25.1. The fraction of sp³-hybridized carbons (Fsp3) is 0.321. The van der Waals surface area contributed by atoms with E-state index < -0.39 is 17.9 Å². The molecular weight excluding hydrogens is 456 g/mol. The van der Waals surface area contributed by atoms with Crippen molar-refractivity contribution in [3.05, 3.63) is 78.5 Å². The Morgan fingerprint density at radius 1 is 1.11 bits per heavy atom. The molecule has 186 valence electrons. The molecule has 3 heterocycles. The van der Waals surface area contributed by atoms with Gasteiger partial charge in [0.15, 0.2) is 0 Å². The number of hydrogen-bond donors (Lipinski definition) is 2. The van der Waals surface area contributed by atoms with E-state index in [1.54, 1.807) is 16.6 Å². The van der Waals surface area contributed by atoms with Crippen molar-refractivity contribution in [3.8, 4) is 5.75 Å². The number of carbonyl (C=O) groups excluding carboxylic acids is 2. The first kappa shape index (κ1) is 24.0. The van der Waals surface area contributed by atoms with Crippen LogP contribution in [0.25, 0.3) is 16.5 Å². The molecule has 0 radical (unpaired) electrons. The predicted molar refractivity (Wildman–Crippen MR) is 136 cm³/mol. The second-order valence-electron chi connectivity index (χ2n) is 9.43. The molecule has 1 aromatic heterocycles. The summed E-state index contributed by atoms with van der Waals surface area (Å²) in [6, 6.07) is 19.0. The summed E-state index contributed by atoms with van der Waals surface area (Å²) in [5.41, 5.74) is 5.03. The maximum absolute atomic E-state index is 13.6. The van der Waals surface area contributed by atoms with Gasteiger partial charge in [-0.15, -0.1) is 0 Å². The number of piperidine rings is 1. The predicted octanol–water partition coefficient (Wildman–Crippen LogP) is 3.12. The number of likely N-dealkylation sites (tertiary alicyclic amines) is 1.